The van der Waals surface area contributed by atoms with Crippen LogP contribution in [-0.4, -0.2) is 5.84 Å². The van der Waals surface area contributed by atoms with Crippen molar-refractivity contribution in [1.82, 2.24) is 0 Å². The number of amidine groups is 1. The lowest BCUT2D eigenvalue weighted by Crippen LogP contribution is -2.11. The van der Waals surface area contributed by atoms with Crippen LogP contribution in [0.5, 0.6) is 0 Å². The number of hydrogen-bond acceptors (Lipinski definition) is 2. The first-order valence-corrected chi connectivity index (χ1v) is 7.27. The highest BCUT2D eigenvalue weighted by atomic mass is 79.9. The minimum absolute atomic E-state index is 0.365. The Morgan fingerprint density at radius 1 is 0.905 bits per heavy atom. The molecule has 1 heterocycles. The van der Waals surface area contributed by atoms with Crippen molar-refractivity contribution in [3.05, 3.63) is 77.0 Å². The van der Waals surface area contributed by atoms with Crippen molar-refractivity contribution in [3.8, 4) is 11.3 Å². The fourth-order valence-electron chi connectivity index (χ4n) is 1.94. The summed E-state index contributed by atoms with van der Waals surface area (Å²) in [6.07, 6.45) is 0. The van der Waals surface area contributed by atoms with Crippen LogP contribution in [0.2, 0.25) is 0 Å². The molecule has 21 heavy (non-hydrogen) atoms. The molecule has 0 aliphatic heterocycles. The Kier molecular flexibility index (Phi) is 3.88. The molecule has 3 rings (SSSR count). The van der Waals surface area contributed by atoms with E-state index in [-0.39, 0.29) is 0 Å². The van der Waals surface area contributed by atoms with Gasteiger partial charge in [0.25, 0.3) is 0 Å². The van der Waals surface area contributed by atoms with Gasteiger partial charge in [-0.2, -0.15) is 0 Å². The number of nitrogens with two attached hydrogens (primary N) is 1. The number of furan rings is 1. The molecule has 0 atom stereocenters. The quantitative estimate of drug-likeness (QED) is 0.552. The molecular formula is C17H13BrN2O. The molecule has 0 amide bonds. The summed E-state index contributed by atoms with van der Waals surface area (Å²) in [4.78, 5) is 4.34. The zero-order valence-corrected chi connectivity index (χ0v) is 12.7. The molecule has 0 aliphatic rings. The monoisotopic (exact) mass is 340 g/mol. The Balaban J connectivity index is 1.88. The summed E-state index contributed by atoms with van der Waals surface area (Å²) in [5.41, 5.74) is 7.79. The standard InChI is InChI=1S/C17H13BrN2O/c18-13-8-6-12(7-9-13)15-10-11-16(21-15)17(19)20-14-4-2-1-3-5-14/h1-11H,(H2,19,20). The van der Waals surface area contributed by atoms with Crippen molar-refractivity contribution in [2.75, 3.05) is 0 Å². The van der Waals surface area contributed by atoms with Gasteiger partial charge in [-0.1, -0.05) is 46.3 Å². The molecule has 2 N–H and O–H groups in total. The fourth-order valence-corrected chi connectivity index (χ4v) is 2.21. The summed E-state index contributed by atoms with van der Waals surface area (Å²) in [5, 5.41) is 0. The van der Waals surface area contributed by atoms with Gasteiger partial charge in [0.15, 0.2) is 11.6 Å². The second-order valence-corrected chi connectivity index (χ2v) is 5.42. The summed E-state index contributed by atoms with van der Waals surface area (Å²) in [6, 6.07) is 21.2. The summed E-state index contributed by atoms with van der Waals surface area (Å²) in [5.74, 6) is 1.70. The molecule has 0 bridgehead atoms. The van der Waals surface area contributed by atoms with Crippen molar-refractivity contribution in [3.63, 3.8) is 0 Å². The van der Waals surface area contributed by atoms with E-state index in [1.54, 1.807) is 0 Å². The molecule has 0 saturated carbocycles. The Bertz CT molecular complexity index is 761. The van der Waals surface area contributed by atoms with Gasteiger partial charge < -0.3 is 10.2 Å². The molecular weight excluding hydrogens is 328 g/mol. The van der Waals surface area contributed by atoms with Crippen molar-refractivity contribution >= 4 is 27.5 Å². The van der Waals surface area contributed by atoms with E-state index >= 15 is 0 Å². The first-order valence-electron chi connectivity index (χ1n) is 6.48. The summed E-state index contributed by atoms with van der Waals surface area (Å²) in [6.45, 7) is 0. The van der Waals surface area contributed by atoms with Gasteiger partial charge in [-0.25, -0.2) is 4.99 Å². The molecule has 0 saturated heterocycles. The molecule has 0 radical (unpaired) electrons. The van der Waals surface area contributed by atoms with Gasteiger partial charge in [0.1, 0.15) is 5.76 Å². The number of nitrogens with zero attached hydrogens (tertiary/aromatic N) is 1. The molecule has 2 aromatic carbocycles. The Morgan fingerprint density at radius 3 is 2.33 bits per heavy atom. The van der Waals surface area contributed by atoms with Gasteiger partial charge in [-0.15, -0.1) is 0 Å². The van der Waals surface area contributed by atoms with E-state index in [0.29, 0.717) is 11.6 Å². The highest BCUT2D eigenvalue weighted by molar-refractivity contribution is 9.10. The predicted octanol–water partition coefficient (Wildman–Crippen LogP) is 4.75. The van der Waals surface area contributed by atoms with E-state index in [4.69, 9.17) is 10.2 Å². The van der Waals surface area contributed by atoms with Gasteiger partial charge in [0.2, 0.25) is 0 Å². The number of hydrogen-bond donors (Lipinski definition) is 1. The molecule has 3 aromatic rings. The maximum atomic E-state index is 5.99. The van der Waals surface area contributed by atoms with E-state index in [1.807, 2.05) is 66.7 Å². The SMILES string of the molecule is NC(=Nc1ccccc1)c1ccc(-c2ccc(Br)cc2)o1. The van der Waals surface area contributed by atoms with E-state index < -0.39 is 0 Å². The number of rotatable bonds is 3. The lowest BCUT2D eigenvalue weighted by molar-refractivity contribution is 0.571. The molecule has 0 unspecified atom stereocenters. The first-order chi connectivity index (χ1) is 10.2. The molecule has 0 aliphatic carbocycles. The molecule has 3 nitrogen and oxygen atoms in total. The largest absolute Gasteiger partial charge is 0.453 e. The van der Waals surface area contributed by atoms with Gasteiger partial charge in [0, 0.05) is 10.0 Å². The number of para-hydroxylation sites is 1. The van der Waals surface area contributed by atoms with Crippen LogP contribution in [0, 0.1) is 0 Å². The van der Waals surface area contributed by atoms with E-state index in [2.05, 4.69) is 20.9 Å². The summed E-state index contributed by atoms with van der Waals surface area (Å²) in [7, 11) is 0. The Labute approximate surface area is 131 Å². The lowest BCUT2D eigenvalue weighted by Gasteiger charge is -1.99. The van der Waals surface area contributed by atoms with Gasteiger partial charge in [0.05, 0.1) is 5.69 Å². The maximum absolute atomic E-state index is 5.99. The average Bonchev–Trinajstić information content (AvgIpc) is 2.99. The third-order valence-electron chi connectivity index (χ3n) is 2.99. The van der Waals surface area contributed by atoms with Crippen LogP contribution in [0.15, 0.2) is 80.6 Å². The van der Waals surface area contributed by atoms with Crippen LogP contribution in [0.25, 0.3) is 11.3 Å². The van der Waals surface area contributed by atoms with Gasteiger partial charge >= 0.3 is 0 Å². The molecule has 0 fully saturated rings. The third kappa shape index (κ3) is 3.23. The second-order valence-electron chi connectivity index (χ2n) is 4.50. The van der Waals surface area contributed by atoms with Crippen LogP contribution in [0.3, 0.4) is 0 Å². The molecule has 0 spiro atoms. The summed E-state index contributed by atoms with van der Waals surface area (Å²) >= 11 is 3.41. The topological polar surface area (TPSA) is 51.5 Å². The smallest absolute Gasteiger partial charge is 0.169 e. The first kappa shape index (κ1) is 13.6. The lowest BCUT2D eigenvalue weighted by atomic mass is 10.2. The highest BCUT2D eigenvalue weighted by Crippen LogP contribution is 2.24. The van der Waals surface area contributed by atoms with E-state index in [0.717, 1.165) is 21.5 Å². The van der Waals surface area contributed by atoms with E-state index in [9.17, 15) is 0 Å². The summed E-state index contributed by atoms with van der Waals surface area (Å²) < 4.78 is 6.80. The second kappa shape index (κ2) is 5.97. The number of halogens is 1. The van der Waals surface area contributed by atoms with Crippen molar-refractivity contribution in [2.24, 2.45) is 10.7 Å². The molecule has 104 valence electrons. The Morgan fingerprint density at radius 2 is 1.62 bits per heavy atom. The molecule has 4 heteroatoms. The van der Waals surface area contributed by atoms with Gasteiger partial charge in [-0.05, 0) is 36.4 Å². The van der Waals surface area contributed by atoms with Crippen molar-refractivity contribution in [1.29, 1.82) is 0 Å². The average molecular weight is 341 g/mol. The van der Waals surface area contributed by atoms with Crippen LogP contribution >= 0.6 is 15.9 Å². The van der Waals surface area contributed by atoms with Crippen LogP contribution in [0.1, 0.15) is 5.76 Å². The number of aliphatic imine (C=N–C) groups is 1. The predicted molar refractivity (Wildman–Crippen MR) is 88.7 cm³/mol. The highest BCUT2D eigenvalue weighted by Gasteiger charge is 2.08. The normalized spacial score (nSPS) is 11.6. The number of benzene rings is 2. The van der Waals surface area contributed by atoms with Crippen molar-refractivity contribution in [2.45, 2.75) is 0 Å². The van der Waals surface area contributed by atoms with E-state index in [1.165, 1.54) is 0 Å². The van der Waals surface area contributed by atoms with Crippen LogP contribution in [-0.2, 0) is 0 Å². The zero-order valence-electron chi connectivity index (χ0n) is 11.2. The third-order valence-corrected chi connectivity index (χ3v) is 3.52. The van der Waals surface area contributed by atoms with Crippen molar-refractivity contribution < 1.29 is 4.42 Å². The maximum Gasteiger partial charge on any atom is 0.169 e. The minimum Gasteiger partial charge on any atom is -0.453 e. The van der Waals surface area contributed by atoms with Gasteiger partial charge in [-0.3, -0.25) is 0 Å². The Hall–Kier alpha value is -2.33. The molecule has 1 aromatic heterocycles. The fraction of sp³-hybridized carbons (Fsp3) is 0. The zero-order chi connectivity index (χ0) is 14.7. The minimum atomic E-state index is 0.365. The van der Waals surface area contributed by atoms with Crippen LogP contribution < -0.4 is 5.73 Å². The van der Waals surface area contributed by atoms with Crippen LogP contribution in [0.4, 0.5) is 5.69 Å².